The molecule has 0 saturated carbocycles. The van der Waals surface area contributed by atoms with Crippen LogP contribution in [0.3, 0.4) is 0 Å². The molecule has 3 aromatic rings. The molecule has 128 valence electrons. The van der Waals surface area contributed by atoms with E-state index in [0.29, 0.717) is 22.8 Å². The van der Waals surface area contributed by atoms with Gasteiger partial charge in [-0.3, -0.25) is 4.90 Å². The molecule has 6 heteroatoms. The second kappa shape index (κ2) is 6.54. The number of rotatable bonds is 3. The fraction of sp³-hybridized carbons (Fsp3) is 0.263. The number of halogens is 1. The Morgan fingerprint density at radius 2 is 1.80 bits per heavy atom. The zero-order chi connectivity index (χ0) is 17.4. The van der Waals surface area contributed by atoms with Gasteiger partial charge in [0, 0.05) is 20.1 Å². The van der Waals surface area contributed by atoms with Crippen molar-refractivity contribution in [1.82, 2.24) is 19.2 Å². The summed E-state index contributed by atoms with van der Waals surface area (Å²) in [7, 11) is 1.83. The van der Waals surface area contributed by atoms with E-state index >= 15 is 0 Å². The van der Waals surface area contributed by atoms with Crippen LogP contribution in [0.4, 0.5) is 4.39 Å². The van der Waals surface area contributed by atoms with Crippen molar-refractivity contribution < 1.29 is 4.39 Å². The van der Waals surface area contributed by atoms with Crippen LogP contribution in [0, 0.1) is 10.6 Å². The highest BCUT2D eigenvalue weighted by Gasteiger charge is 2.19. The molecule has 25 heavy (non-hydrogen) atoms. The second-order valence-electron chi connectivity index (χ2n) is 6.36. The molecule has 0 fully saturated rings. The van der Waals surface area contributed by atoms with Crippen LogP contribution in [0.5, 0.6) is 0 Å². The van der Waals surface area contributed by atoms with Crippen LogP contribution in [0.15, 0.2) is 48.5 Å². The second-order valence-corrected chi connectivity index (χ2v) is 6.72. The van der Waals surface area contributed by atoms with E-state index in [2.05, 4.69) is 34.3 Å². The maximum absolute atomic E-state index is 14.1. The minimum absolute atomic E-state index is 0.287. The van der Waals surface area contributed by atoms with Crippen LogP contribution in [0.1, 0.15) is 11.1 Å². The van der Waals surface area contributed by atoms with Crippen LogP contribution in [0.25, 0.3) is 11.4 Å². The molecule has 1 aliphatic heterocycles. The summed E-state index contributed by atoms with van der Waals surface area (Å²) < 4.78 is 18.3. The lowest BCUT2D eigenvalue weighted by atomic mass is 10.0. The van der Waals surface area contributed by atoms with Crippen molar-refractivity contribution in [1.29, 1.82) is 0 Å². The van der Waals surface area contributed by atoms with Crippen LogP contribution in [0.2, 0.25) is 0 Å². The minimum atomic E-state index is -0.287. The predicted molar refractivity (Wildman–Crippen MR) is 98.0 cm³/mol. The van der Waals surface area contributed by atoms with Crippen molar-refractivity contribution in [3.63, 3.8) is 0 Å². The van der Waals surface area contributed by atoms with E-state index in [1.807, 2.05) is 13.1 Å². The summed E-state index contributed by atoms with van der Waals surface area (Å²) in [4.78, 5) is 2.32. The molecule has 0 aliphatic carbocycles. The van der Waals surface area contributed by atoms with E-state index in [4.69, 9.17) is 12.2 Å². The van der Waals surface area contributed by atoms with Crippen LogP contribution in [-0.4, -0.2) is 25.8 Å². The third-order valence-electron chi connectivity index (χ3n) is 4.70. The molecule has 0 radical (unpaired) electrons. The van der Waals surface area contributed by atoms with E-state index < -0.39 is 0 Å². The number of hydrogen-bond donors (Lipinski definition) is 0. The van der Waals surface area contributed by atoms with Crippen LogP contribution >= 0.6 is 12.2 Å². The molecule has 1 aromatic heterocycles. The highest BCUT2D eigenvalue weighted by molar-refractivity contribution is 7.71. The van der Waals surface area contributed by atoms with Gasteiger partial charge in [-0.2, -0.15) is 5.10 Å². The molecule has 0 amide bonds. The first kappa shape index (κ1) is 16.2. The summed E-state index contributed by atoms with van der Waals surface area (Å²) in [6, 6.07) is 15.2. The molecule has 0 bridgehead atoms. The van der Waals surface area contributed by atoms with Gasteiger partial charge in [-0.25, -0.2) is 9.07 Å². The summed E-state index contributed by atoms with van der Waals surface area (Å²) in [5.74, 6) is 0.269. The molecule has 2 aromatic carbocycles. The molecule has 1 aliphatic rings. The fourth-order valence-corrected chi connectivity index (χ4v) is 3.51. The van der Waals surface area contributed by atoms with Crippen molar-refractivity contribution in [3.05, 3.63) is 70.2 Å². The van der Waals surface area contributed by atoms with E-state index in [1.54, 1.807) is 21.4 Å². The van der Waals surface area contributed by atoms with Gasteiger partial charge in [-0.05, 0) is 41.9 Å². The van der Waals surface area contributed by atoms with E-state index in [1.165, 1.54) is 17.2 Å². The molecule has 0 saturated heterocycles. The number of fused-ring (bicyclic) bond motifs is 1. The normalized spacial score (nSPS) is 14.5. The molecule has 0 unspecified atom stereocenters. The first-order valence-corrected chi connectivity index (χ1v) is 8.72. The Bertz CT molecular complexity index is 976. The largest absolute Gasteiger partial charge is 0.303 e. The van der Waals surface area contributed by atoms with Gasteiger partial charge in [0.15, 0.2) is 10.6 Å². The zero-order valence-corrected chi connectivity index (χ0v) is 14.8. The quantitative estimate of drug-likeness (QED) is 0.670. The van der Waals surface area contributed by atoms with Crippen molar-refractivity contribution in [2.24, 2.45) is 7.05 Å². The van der Waals surface area contributed by atoms with Crippen LogP contribution in [-0.2, 0) is 26.7 Å². The minimum Gasteiger partial charge on any atom is -0.303 e. The van der Waals surface area contributed by atoms with Crippen molar-refractivity contribution >= 4 is 12.2 Å². The van der Waals surface area contributed by atoms with Crippen molar-refractivity contribution in [2.45, 2.75) is 19.6 Å². The fourth-order valence-electron chi connectivity index (χ4n) is 3.32. The smallest absolute Gasteiger partial charge is 0.199 e. The van der Waals surface area contributed by atoms with Gasteiger partial charge in [-0.15, -0.1) is 0 Å². The van der Waals surface area contributed by atoms with Gasteiger partial charge in [0.05, 0.1) is 12.2 Å². The van der Waals surface area contributed by atoms with Crippen molar-refractivity contribution in [2.75, 3.05) is 6.54 Å². The molecule has 0 atom stereocenters. The molecular formula is C19H19FN4S. The average molecular weight is 354 g/mol. The van der Waals surface area contributed by atoms with Crippen molar-refractivity contribution in [3.8, 4) is 11.4 Å². The first-order chi connectivity index (χ1) is 12.1. The zero-order valence-electron chi connectivity index (χ0n) is 14.0. The Balaban J connectivity index is 1.62. The molecule has 4 nitrogen and oxygen atoms in total. The first-order valence-electron chi connectivity index (χ1n) is 8.31. The van der Waals surface area contributed by atoms with Gasteiger partial charge in [0.1, 0.15) is 5.82 Å². The lowest BCUT2D eigenvalue weighted by Gasteiger charge is -2.28. The van der Waals surface area contributed by atoms with Crippen LogP contribution < -0.4 is 0 Å². The summed E-state index contributed by atoms with van der Waals surface area (Å²) in [6.07, 6.45) is 1.02. The van der Waals surface area contributed by atoms with Gasteiger partial charge < -0.3 is 4.57 Å². The number of benzene rings is 2. The van der Waals surface area contributed by atoms with Gasteiger partial charge in [0.2, 0.25) is 0 Å². The summed E-state index contributed by atoms with van der Waals surface area (Å²) in [5, 5.41) is 4.58. The molecule has 4 rings (SSSR count). The summed E-state index contributed by atoms with van der Waals surface area (Å²) >= 11 is 5.52. The SMILES string of the molecule is Cn1c(-c2ccccc2F)nn(CN2CCc3ccccc3C2)c1=S. The Hall–Kier alpha value is -2.31. The van der Waals surface area contributed by atoms with E-state index in [-0.39, 0.29) is 5.82 Å². The lowest BCUT2D eigenvalue weighted by molar-refractivity contribution is 0.188. The highest BCUT2D eigenvalue weighted by atomic mass is 32.1. The number of nitrogens with zero attached hydrogens (tertiary/aromatic N) is 4. The Morgan fingerprint density at radius 3 is 2.60 bits per heavy atom. The predicted octanol–water partition coefficient (Wildman–Crippen LogP) is 3.77. The topological polar surface area (TPSA) is 26.0 Å². The van der Waals surface area contributed by atoms with E-state index in [0.717, 1.165) is 19.5 Å². The Labute approximate surface area is 151 Å². The number of hydrogen-bond acceptors (Lipinski definition) is 3. The summed E-state index contributed by atoms with van der Waals surface area (Å²) in [5.41, 5.74) is 3.24. The molecule has 2 heterocycles. The number of aromatic nitrogens is 3. The standard InChI is InChI=1S/C19H19FN4S/c1-22-18(16-8-4-5-9-17(16)20)21-24(19(22)25)13-23-11-10-14-6-2-3-7-15(14)12-23/h2-9H,10-13H2,1H3. The third kappa shape index (κ3) is 3.03. The molecule has 0 N–H and O–H groups in total. The highest BCUT2D eigenvalue weighted by Crippen LogP contribution is 2.22. The van der Waals surface area contributed by atoms with Gasteiger partial charge >= 0.3 is 0 Å². The van der Waals surface area contributed by atoms with Gasteiger partial charge in [-0.1, -0.05) is 36.4 Å². The molecule has 0 spiro atoms. The maximum atomic E-state index is 14.1. The Morgan fingerprint density at radius 1 is 1.08 bits per heavy atom. The third-order valence-corrected chi connectivity index (χ3v) is 5.18. The monoisotopic (exact) mass is 354 g/mol. The summed E-state index contributed by atoms with van der Waals surface area (Å²) in [6.45, 7) is 2.45. The maximum Gasteiger partial charge on any atom is 0.199 e. The van der Waals surface area contributed by atoms with Gasteiger partial charge in [0.25, 0.3) is 0 Å². The Kier molecular flexibility index (Phi) is 4.23. The molecular weight excluding hydrogens is 335 g/mol. The van der Waals surface area contributed by atoms with E-state index in [9.17, 15) is 4.39 Å². The average Bonchev–Trinajstić information content (AvgIpc) is 2.90. The lowest BCUT2D eigenvalue weighted by Crippen LogP contribution is -2.32.